The van der Waals surface area contributed by atoms with Crippen LogP contribution in [-0.4, -0.2) is 25.4 Å². The number of hydrogen-bond donors (Lipinski definition) is 3. The van der Waals surface area contributed by atoms with Gasteiger partial charge in [-0.25, -0.2) is 9.83 Å². The Morgan fingerprint density at radius 2 is 1.87 bits per heavy atom. The first-order valence-electron chi connectivity index (χ1n) is 12.6. The Morgan fingerprint density at radius 1 is 1.03 bits per heavy atom. The van der Waals surface area contributed by atoms with Crippen LogP contribution in [0.5, 0.6) is 0 Å². The van der Waals surface area contributed by atoms with Gasteiger partial charge in [-0.05, 0) is 54.2 Å². The molecule has 39 heavy (non-hydrogen) atoms. The number of nitrogens with one attached hydrogen (secondary N) is 2. The zero-order valence-corrected chi connectivity index (χ0v) is 21.2. The lowest BCUT2D eigenvalue weighted by Crippen LogP contribution is -2.34. The maximum absolute atomic E-state index is 13.6. The second-order valence-corrected chi connectivity index (χ2v) is 9.23. The summed E-state index contributed by atoms with van der Waals surface area (Å²) in [5.74, 6) is 0.0166. The number of fused-ring (bicyclic) bond motifs is 1. The molecule has 5 rings (SSSR count). The van der Waals surface area contributed by atoms with Crippen LogP contribution in [0.1, 0.15) is 23.2 Å². The van der Waals surface area contributed by atoms with Gasteiger partial charge in [-0.15, -0.1) is 0 Å². The van der Waals surface area contributed by atoms with Gasteiger partial charge in [-0.3, -0.25) is 19.1 Å². The number of benzene rings is 3. The van der Waals surface area contributed by atoms with E-state index in [-0.39, 0.29) is 24.6 Å². The molecule has 2 heterocycles. The molecule has 0 aliphatic carbocycles. The number of anilines is 1. The third-order valence-electron chi connectivity index (χ3n) is 6.47. The van der Waals surface area contributed by atoms with Crippen LogP contribution in [0.25, 0.3) is 27.1 Å². The topological polar surface area (TPSA) is 123 Å². The van der Waals surface area contributed by atoms with Gasteiger partial charge in [-0.1, -0.05) is 54.6 Å². The predicted molar refractivity (Wildman–Crippen MR) is 151 cm³/mol. The van der Waals surface area contributed by atoms with E-state index >= 15 is 0 Å². The molecule has 0 atom stereocenters. The molecule has 0 spiro atoms. The lowest BCUT2D eigenvalue weighted by atomic mass is 10.1. The summed E-state index contributed by atoms with van der Waals surface area (Å²) in [6, 6.07) is 22.6. The number of amides is 1. The monoisotopic (exact) mass is 517 g/mol. The molecule has 5 aromatic rings. The van der Waals surface area contributed by atoms with Gasteiger partial charge in [0, 0.05) is 6.54 Å². The number of aromatic nitrogens is 4. The number of nitrogen functional groups attached to an aromatic ring is 1. The first-order valence-corrected chi connectivity index (χ1v) is 12.6. The summed E-state index contributed by atoms with van der Waals surface area (Å²) in [5, 5.41) is 2.90. The summed E-state index contributed by atoms with van der Waals surface area (Å²) >= 11 is 0. The first-order chi connectivity index (χ1) is 19.0. The Bertz CT molecular complexity index is 1730. The molecule has 0 unspecified atom stereocenters. The average Bonchev–Trinajstić information content (AvgIpc) is 3.33. The summed E-state index contributed by atoms with van der Waals surface area (Å²) in [5.41, 5.74) is 11.0. The Labute approximate surface area is 225 Å². The molecular weight excluding hydrogens is 490 g/mol. The Hall–Kier alpha value is -5.23. The molecular formula is C30H27N7O2. The van der Waals surface area contributed by atoms with Crippen molar-refractivity contribution in [2.75, 3.05) is 5.73 Å². The molecule has 3 aromatic carbocycles. The highest BCUT2D eigenvalue weighted by molar-refractivity contribution is 5.79. The van der Waals surface area contributed by atoms with E-state index in [2.05, 4.69) is 37.2 Å². The van der Waals surface area contributed by atoms with Crippen LogP contribution in [-0.2, 0) is 30.7 Å². The van der Waals surface area contributed by atoms with E-state index in [4.69, 9.17) is 12.3 Å². The van der Waals surface area contributed by atoms with Gasteiger partial charge in [0.25, 0.3) is 5.56 Å². The maximum Gasteiger partial charge on any atom is 0.273 e. The number of nitrogens with two attached hydrogens (primary N) is 1. The fourth-order valence-electron chi connectivity index (χ4n) is 4.51. The van der Waals surface area contributed by atoms with Gasteiger partial charge in [-0.2, -0.15) is 0 Å². The van der Waals surface area contributed by atoms with E-state index in [1.54, 1.807) is 30.5 Å². The predicted octanol–water partition coefficient (Wildman–Crippen LogP) is 4.41. The molecule has 0 saturated heterocycles. The largest absolute Gasteiger partial charge is 0.369 e. The number of hydrogen-bond acceptors (Lipinski definition) is 5. The summed E-state index contributed by atoms with van der Waals surface area (Å²) in [4.78, 5) is 41.7. The third-order valence-corrected chi connectivity index (χ3v) is 6.47. The fourth-order valence-corrected chi connectivity index (χ4v) is 4.51. The first kappa shape index (κ1) is 25.4. The van der Waals surface area contributed by atoms with Crippen LogP contribution in [0.2, 0.25) is 0 Å². The minimum atomic E-state index is -0.314. The molecule has 4 N–H and O–H groups in total. The number of rotatable bonds is 9. The standard InChI is InChI=1S/C30H27N7O2/c1-32-23-11-6-10-22(16-23)27-18-33-25(12-5-9-20-7-3-2-4-8-20)29(39)37(27)19-28(38)34-17-21-13-14-24-26(15-21)36-30(31)35-24/h2-4,6-8,10-11,13-16,18H,5,9,12,17,19H2,(H,34,38)(H3,31,35,36). The number of nitrogens with zero attached hydrogens (tertiary/aromatic N) is 4. The van der Waals surface area contributed by atoms with Crippen molar-refractivity contribution in [3.05, 3.63) is 118 Å². The minimum Gasteiger partial charge on any atom is -0.369 e. The summed E-state index contributed by atoms with van der Waals surface area (Å²) in [7, 11) is 0. The average molecular weight is 518 g/mol. The van der Waals surface area contributed by atoms with E-state index in [9.17, 15) is 9.59 Å². The van der Waals surface area contributed by atoms with E-state index in [0.29, 0.717) is 35.0 Å². The number of aromatic amines is 1. The van der Waals surface area contributed by atoms with E-state index in [1.807, 2.05) is 36.4 Å². The van der Waals surface area contributed by atoms with Crippen molar-refractivity contribution in [2.24, 2.45) is 0 Å². The summed E-state index contributed by atoms with van der Waals surface area (Å²) < 4.78 is 1.45. The van der Waals surface area contributed by atoms with Crippen molar-refractivity contribution in [3.63, 3.8) is 0 Å². The highest BCUT2D eigenvalue weighted by Crippen LogP contribution is 2.23. The SMILES string of the molecule is [C-]#[N+]c1cccc(-c2cnc(CCCc3ccccc3)c(=O)n2CC(=O)NCc2ccc3nc(N)[nH]c3c2)c1. The number of carbonyl (C=O) groups is 1. The summed E-state index contributed by atoms with van der Waals surface area (Å²) in [6.45, 7) is 7.45. The van der Waals surface area contributed by atoms with Crippen LogP contribution in [0.15, 0.2) is 83.8 Å². The van der Waals surface area contributed by atoms with Crippen LogP contribution in [0, 0.1) is 6.57 Å². The molecule has 9 heteroatoms. The van der Waals surface area contributed by atoms with Crippen molar-refractivity contribution in [1.82, 2.24) is 24.8 Å². The van der Waals surface area contributed by atoms with Gasteiger partial charge >= 0.3 is 0 Å². The van der Waals surface area contributed by atoms with Gasteiger partial charge in [0.1, 0.15) is 12.2 Å². The molecule has 194 valence electrons. The zero-order chi connectivity index (χ0) is 27.2. The molecule has 9 nitrogen and oxygen atoms in total. The van der Waals surface area contributed by atoms with Gasteiger partial charge in [0.05, 0.1) is 29.5 Å². The number of imidazole rings is 1. The molecule has 0 radical (unpaired) electrons. The van der Waals surface area contributed by atoms with Crippen LogP contribution < -0.4 is 16.6 Å². The minimum absolute atomic E-state index is 0.177. The lowest BCUT2D eigenvalue weighted by molar-refractivity contribution is -0.121. The Balaban J connectivity index is 1.37. The van der Waals surface area contributed by atoms with Crippen molar-refractivity contribution >= 4 is 28.6 Å². The highest BCUT2D eigenvalue weighted by Gasteiger charge is 2.16. The molecule has 0 aliphatic heterocycles. The second-order valence-electron chi connectivity index (χ2n) is 9.23. The lowest BCUT2D eigenvalue weighted by Gasteiger charge is -2.15. The second kappa shape index (κ2) is 11.4. The Morgan fingerprint density at radius 3 is 2.69 bits per heavy atom. The van der Waals surface area contributed by atoms with Crippen molar-refractivity contribution < 1.29 is 4.79 Å². The Kier molecular flexibility index (Phi) is 7.46. The molecule has 0 fully saturated rings. The number of aryl methyl sites for hydroxylation is 2. The third kappa shape index (κ3) is 6.02. The van der Waals surface area contributed by atoms with Crippen molar-refractivity contribution in [1.29, 1.82) is 0 Å². The van der Waals surface area contributed by atoms with Gasteiger partial charge in [0.2, 0.25) is 5.91 Å². The molecule has 0 saturated carbocycles. The number of H-pyrrole nitrogens is 1. The van der Waals surface area contributed by atoms with Crippen molar-refractivity contribution in [2.45, 2.75) is 32.4 Å². The van der Waals surface area contributed by atoms with Gasteiger partial charge in [0.15, 0.2) is 11.6 Å². The molecule has 1 amide bonds. The quantitative estimate of drug-likeness (QED) is 0.250. The van der Waals surface area contributed by atoms with E-state index < -0.39 is 0 Å². The van der Waals surface area contributed by atoms with Crippen LogP contribution in [0.3, 0.4) is 0 Å². The van der Waals surface area contributed by atoms with Crippen molar-refractivity contribution in [3.8, 4) is 11.3 Å². The zero-order valence-electron chi connectivity index (χ0n) is 21.2. The van der Waals surface area contributed by atoms with Gasteiger partial charge < -0.3 is 16.0 Å². The van der Waals surface area contributed by atoms with Crippen LogP contribution in [0.4, 0.5) is 11.6 Å². The normalized spacial score (nSPS) is 10.8. The molecule has 0 bridgehead atoms. The fraction of sp³-hybridized carbons (Fsp3) is 0.167. The highest BCUT2D eigenvalue weighted by atomic mass is 16.2. The van der Waals surface area contributed by atoms with E-state index in [0.717, 1.165) is 29.4 Å². The van der Waals surface area contributed by atoms with E-state index in [1.165, 1.54) is 10.1 Å². The number of carbonyl (C=O) groups excluding carboxylic acids is 1. The smallest absolute Gasteiger partial charge is 0.273 e. The van der Waals surface area contributed by atoms with Crippen LogP contribution >= 0.6 is 0 Å². The maximum atomic E-state index is 13.6. The molecule has 0 aliphatic rings. The molecule has 2 aromatic heterocycles. The summed E-state index contributed by atoms with van der Waals surface area (Å²) in [6.07, 6.45) is 3.69.